The van der Waals surface area contributed by atoms with Crippen LogP contribution in [0.5, 0.6) is 0 Å². The molecule has 2 aromatic carbocycles. The molecule has 0 radical (unpaired) electrons. The van der Waals surface area contributed by atoms with Crippen molar-refractivity contribution in [1.29, 1.82) is 0 Å². The maximum atomic E-state index is 12.2. The van der Waals surface area contributed by atoms with Gasteiger partial charge in [0.1, 0.15) is 0 Å². The fraction of sp³-hybridized carbons (Fsp3) is 0.238. The Morgan fingerprint density at radius 3 is 2.52 bits per heavy atom. The van der Waals surface area contributed by atoms with Gasteiger partial charge in [0, 0.05) is 11.3 Å². The van der Waals surface area contributed by atoms with Crippen LogP contribution in [0, 0.1) is 5.92 Å². The van der Waals surface area contributed by atoms with E-state index in [-0.39, 0.29) is 24.4 Å². The minimum Gasteiger partial charge on any atom is -0.455 e. The molecule has 0 unspecified atom stereocenters. The Labute approximate surface area is 147 Å². The van der Waals surface area contributed by atoms with Crippen LogP contribution in [0.1, 0.15) is 19.3 Å². The molecule has 0 spiro atoms. The fourth-order valence-electron chi connectivity index (χ4n) is 2.91. The van der Waals surface area contributed by atoms with Gasteiger partial charge in [-0.25, -0.2) is 0 Å². The van der Waals surface area contributed by atoms with E-state index in [2.05, 4.69) is 11.4 Å². The topological polar surface area (TPSA) is 55.4 Å². The smallest absolute Gasteiger partial charge is 0.309 e. The number of rotatable bonds is 5. The summed E-state index contributed by atoms with van der Waals surface area (Å²) in [6, 6.07) is 17.4. The zero-order valence-corrected chi connectivity index (χ0v) is 14.0. The van der Waals surface area contributed by atoms with Crippen LogP contribution in [0.4, 0.5) is 5.69 Å². The second kappa shape index (κ2) is 8.29. The summed E-state index contributed by atoms with van der Waals surface area (Å²) in [5.41, 5.74) is 2.65. The Morgan fingerprint density at radius 2 is 1.76 bits per heavy atom. The number of amides is 1. The average Bonchev–Trinajstić information content (AvgIpc) is 2.68. The van der Waals surface area contributed by atoms with Gasteiger partial charge in [-0.15, -0.1) is 0 Å². The largest absolute Gasteiger partial charge is 0.455 e. The number of ether oxygens (including phenoxy) is 1. The Hall–Kier alpha value is -2.88. The molecule has 1 atom stereocenters. The minimum absolute atomic E-state index is 0.130. The summed E-state index contributed by atoms with van der Waals surface area (Å²) in [5.74, 6) is -0.756. The molecule has 1 aliphatic rings. The molecule has 25 heavy (non-hydrogen) atoms. The first kappa shape index (κ1) is 17.0. The summed E-state index contributed by atoms with van der Waals surface area (Å²) < 4.78 is 5.18. The Balaban J connectivity index is 1.60. The highest BCUT2D eigenvalue weighted by molar-refractivity contribution is 5.97. The number of benzene rings is 2. The molecule has 4 nitrogen and oxygen atoms in total. The lowest BCUT2D eigenvalue weighted by atomic mass is 9.95. The number of carbonyl (C=O) groups excluding carboxylic acids is 2. The van der Waals surface area contributed by atoms with E-state index in [1.807, 2.05) is 60.7 Å². The predicted molar refractivity (Wildman–Crippen MR) is 97.9 cm³/mol. The molecule has 3 rings (SSSR count). The average molecular weight is 335 g/mol. The van der Waals surface area contributed by atoms with E-state index in [9.17, 15) is 9.59 Å². The third kappa shape index (κ3) is 4.57. The fourth-order valence-corrected chi connectivity index (χ4v) is 2.91. The first-order chi connectivity index (χ1) is 12.2. The molecule has 128 valence electrons. The Kier molecular flexibility index (Phi) is 5.62. The lowest BCUT2D eigenvalue weighted by Gasteiger charge is -2.16. The molecular weight excluding hydrogens is 314 g/mol. The second-order valence-corrected chi connectivity index (χ2v) is 6.05. The maximum Gasteiger partial charge on any atom is 0.309 e. The summed E-state index contributed by atoms with van der Waals surface area (Å²) in [4.78, 5) is 24.2. The number of hydrogen-bond acceptors (Lipinski definition) is 3. The van der Waals surface area contributed by atoms with Crippen molar-refractivity contribution in [3.63, 3.8) is 0 Å². The molecule has 0 aromatic heterocycles. The van der Waals surface area contributed by atoms with Crippen LogP contribution < -0.4 is 5.32 Å². The van der Waals surface area contributed by atoms with E-state index < -0.39 is 0 Å². The molecule has 0 bridgehead atoms. The van der Waals surface area contributed by atoms with Crippen LogP contribution >= 0.6 is 0 Å². The van der Waals surface area contributed by atoms with E-state index in [1.54, 1.807) is 0 Å². The van der Waals surface area contributed by atoms with Gasteiger partial charge in [-0.2, -0.15) is 0 Å². The van der Waals surface area contributed by atoms with E-state index in [0.29, 0.717) is 12.1 Å². The first-order valence-corrected chi connectivity index (χ1v) is 8.50. The van der Waals surface area contributed by atoms with Gasteiger partial charge in [0.2, 0.25) is 0 Å². The van der Waals surface area contributed by atoms with Gasteiger partial charge in [0.15, 0.2) is 6.61 Å². The van der Waals surface area contributed by atoms with Gasteiger partial charge < -0.3 is 10.1 Å². The van der Waals surface area contributed by atoms with E-state index in [1.165, 1.54) is 0 Å². The molecule has 1 amide bonds. The summed E-state index contributed by atoms with van der Waals surface area (Å²) in [7, 11) is 0. The number of allylic oxidation sites excluding steroid dienone is 2. The third-order valence-corrected chi connectivity index (χ3v) is 4.23. The van der Waals surface area contributed by atoms with Gasteiger partial charge >= 0.3 is 5.97 Å². The van der Waals surface area contributed by atoms with Crippen molar-refractivity contribution in [2.75, 3.05) is 11.9 Å². The van der Waals surface area contributed by atoms with Gasteiger partial charge in [-0.05, 0) is 30.9 Å². The van der Waals surface area contributed by atoms with Crippen molar-refractivity contribution in [3.05, 3.63) is 66.7 Å². The molecule has 1 N–H and O–H groups in total. The minimum atomic E-state index is -0.330. The van der Waals surface area contributed by atoms with Crippen LogP contribution in [0.25, 0.3) is 11.1 Å². The third-order valence-electron chi connectivity index (χ3n) is 4.23. The first-order valence-electron chi connectivity index (χ1n) is 8.50. The van der Waals surface area contributed by atoms with Crippen LogP contribution in [-0.2, 0) is 14.3 Å². The lowest BCUT2D eigenvalue weighted by Crippen LogP contribution is -2.25. The highest BCUT2D eigenvalue weighted by Crippen LogP contribution is 2.27. The normalized spacial score (nSPS) is 16.2. The molecule has 0 aliphatic heterocycles. The van der Waals surface area contributed by atoms with Gasteiger partial charge in [0.25, 0.3) is 5.91 Å². The quantitative estimate of drug-likeness (QED) is 0.658. The maximum absolute atomic E-state index is 12.2. The van der Waals surface area contributed by atoms with Crippen molar-refractivity contribution >= 4 is 17.6 Å². The molecule has 0 heterocycles. The number of anilines is 1. The molecule has 0 saturated carbocycles. The number of hydrogen-bond donors (Lipinski definition) is 1. The highest BCUT2D eigenvalue weighted by atomic mass is 16.5. The predicted octanol–water partition coefficient (Wildman–Crippen LogP) is 4.19. The van der Waals surface area contributed by atoms with E-state index in [0.717, 1.165) is 24.0 Å². The van der Waals surface area contributed by atoms with Crippen LogP contribution in [0.15, 0.2) is 66.7 Å². The van der Waals surface area contributed by atoms with Gasteiger partial charge in [0.05, 0.1) is 5.92 Å². The number of carbonyl (C=O) groups is 2. The van der Waals surface area contributed by atoms with E-state index in [4.69, 9.17) is 4.74 Å². The number of nitrogens with one attached hydrogen (secondary N) is 1. The van der Waals surface area contributed by atoms with Gasteiger partial charge in [-0.1, -0.05) is 60.7 Å². The van der Waals surface area contributed by atoms with Crippen molar-refractivity contribution in [3.8, 4) is 11.1 Å². The molecule has 1 aliphatic carbocycles. The zero-order chi connectivity index (χ0) is 17.5. The molecule has 2 aromatic rings. The van der Waals surface area contributed by atoms with E-state index >= 15 is 0 Å². The zero-order valence-electron chi connectivity index (χ0n) is 14.0. The molecule has 0 fully saturated rings. The summed E-state index contributed by atoms with van der Waals surface area (Å²) in [6.45, 7) is -0.262. The Morgan fingerprint density at radius 1 is 1.00 bits per heavy atom. The molecule has 0 saturated heterocycles. The highest BCUT2D eigenvalue weighted by Gasteiger charge is 2.21. The Bertz CT molecular complexity index is 768. The lowest BCUT2D eigenvalue weighted by molar-refractivity contribution is -0.151. The van der Waals surface area contributed by atoms with Crippen molar-refractivity contribution < 1.29 is 14.3 Å². The van der Waals surface area contributed by atoms with Crippen LogP contribution in [0.3, 0.4) is 0 Å². The number of para-hydroxylation sites is 1. The monoisotopic (exact) mass is 335 g/mol. The summed E-state index contributed by atoms with van der Waals surface area (Å²) in [6.07, 6.45) is 6.42. The van der Waals surface area contributed by atoms with Crippen LogP contribution in [-0.4, -0.2) is 18.5 Å². The SMILES string of the molecule is O=C(COC(=O)[C@H]1CC=CCC1)Nc1ccccc1-c1ccccc1. The van der Waals surface area contributed by atoms with Gasteiger partial charge in [-0.3, -0.25) is 9.59 Å². The standard InChI is InChI=1S/C21H21NO3/c23-20(15-25-21(24)17-11-5-2-6-12-17)22-19-14-8-7-13-18(19)16-9-3-1-4-10-16/h1-5,7-10,13-14,17H,6,11-12,15H2,(H,22,23)/t17-/m0/s1. The van der Waals surface area contributed by atoms with Crippen molar-refractivity contribution in [1.82, 2.24) is 0 Å². The molecule has 4 heteroatoms. The second-order valence-electron chi connectivity index (χ2n) is 6.05. The molecular formula is C21H21NO3. The summed E-state index contributed by atoms with van der Waals surface area (Å²) >= 11 is 0. The van der Waals surface area contributed by atoms with Crippen molar-refractivity contribution in [2.45, 2.75) is 19.3 Å². The van der Waals surface area contributed by atoms with Crippen molar-refractivity contribution in [2.24, 2.45) is 5.92 Å². The number of esters is 1. The van der Waals surface area contributed by atoms with Crippen LogP contribution in [0.2, 0.25) is 0 Å². The summed E-state index contributed by atoms with van der Waals surface area (Å²) in [5, 5.41) is 2.84.